The molecule has 2 aromatic rings. The predicted octanol–water partition coefficient (Wildman–Crippen LogP) is 3.99. The van der Waals surface area contributed by atoms with Crippen LogP contribution >= 0.6 is 0 Å². The second kappa shape index (κ2) is 9.22. The highest BCUT2D eigenvalue weighted by Crippen LogP contribution is 2.27. The van der Waals surface area contributed by atoms with Crippen molar-refractivity contribution in [3.63, 3.8) is 0 Å². The van der Waals surface area contributed by atoms with Crippen molar-refractivity contribution in [2.75, 3.05) is 0 Å². The molecule has 0 heterocycles. The van der Waals surface area contributed by atoms with E-state index in [1.54, 1.807) is 19.1 Å². The van der Waals surface area contributed by atoms with E-state index in [9.17, 15) is 22.0 Å². The third-order valence-electron chi connectivity index (χ3n) is 5.60. The molecule has 0 radical (unpaired) electrons. The second-order valence-electron chi connectivity index (χ2n) is 7.86. The monoisotopic (exact) mass is 436 g/mol. The van der Waals surface area contributed by atoms with Gasteiger partial charge in [0.05, 0.1) is 10.9 Å². The minimum atomic E-state index is -3.82. The van der Waals surface area contributed by atoms with E-state index in [2.05, 4.69) is 10.0 Å². The average Bonchev–Trinajstić information content (AvgIpc) is 2.70. The number of halogens is 2. The first-order valence-corrected chi connectivity index (χ1v) is 11.5. The molecule has 1 aliphatic carbocycles. The average molecular weight is 437 g/mol. The number of nitrogens with one attached hydrogen (secondary N) is 2. The van der Waals surface area contributed by atoms with E-state index in [1.165, 1.54) is 24.3 Å². The lowest BCUT2D eigenvalue weighted by Crippen LogP contribution is -2.41. The number of amides is 1. The largest absolute Gasteiger partial charge is 0.349 e. The SMILES string of the molecule is Cc1ccc(S(=O)(=O)NC2CCC(C(=O)NC(C)c3ccc(F)cc3)CC2)cc1F. The molecule has 1 saturated carbocycles. The van der Waals surface area contributed by atoms with Crippen LogP contribution in [0.25, 0.3) is 0 Å². The zero-order valence-electron chi connectivity index (χ0n) is 17.0. The molecule has 1 fully saturated rings. The van der Waals surface area contributed by atoms with E-state index in [0.717, 1.165) is 11.6 Å². The van der Waals surface area contributed by atoms with Crippen LogP contribution in [-0.4, -0.2) is 20.4 Å². The van der Waals surface area contributed by atoms with E-state index >= 15 is 0 Å². The summed E-state index contributed by atoms with van der Waals surface area (Å²) in [6.45, 7) is 3.41. The topological polar surface area (TPSA) is 75.3 Å². The molecule has 0 aliphatic heterocycles. The fraction of sp³-hybridized carbons (Fsp3) is 0.409. The smallest absolute Gasteiger partial charge is 0.240 e. The van der Waals surface area contributed by atoms with Gasteiger partial charge in [-0.05, 0) is 74.9 Å². The van der Waals surface area contributed by atoms with Crippen molar-refractivity contribution >= 4 is 15.9 Å². The molecule has 0 aromatic heterocycles. The van der Waals surface area contributed by atoms with Crippen LogP contribution < -0.4 is 10.0 Å². The van der Waals surface area contributed by atoms with Gasteiger partial charge in [0, 0.05) is 12.0 Å². The van der Waals surface area contributed by atoms with Crippen molar-refractivity contribution in [2.45, 2.75) is 56.5 Å². The van der Waals surface area contributed by atoms with Crippen molar-refractivity contribution < 1.29 is 22.0 Å². The Kier molecular flexibility index (Phi) is 6.88. The van der Waals surface area contributed by atoms with Gasteiger partial charge in [0.2, 0.25) is 15.9 Å². The zero-order valence-corrected chi connectivity index (χ0v) is 17.8. The number of benzene rings is 2. The summed E-state index contributed by atoms with van der Waals surface area (Å²) in [5.41, 5.74) is 1.20. The lowest BCUT2D eigenvalue weighted by molar-refractivity contribution is -0.126. The van der Waals surface area contributed by atoms with Gasteiger partial charge < -0.3 is 5.32 Å². The number of hydrogen-bond acceptors (Lipinski definition) is 3. The minimum Gasteiger partial charge on any atom is -0.349 e. The number of carbonyl (C=O) groups excluding carboxylic acids is 1. The second-order valence-corrected chi connectivity index (χ2v) is 9.58. The Bertz CT molecular complexity index is 1000. The molecule has 1 atom stereocenters. The van der Waals surface area contributed by atoms with Crippen LogP contribution in [0.15, 0.2) is 47.4 Å². The molecule has 1 unspecified atom stereocenters. The van der Waals surface area contributed by atoms with Crippen LogP contribution in [0.2, 0.25) is 0 Å². The number of sulfonamides is 1. The molecule has 2 N–H and O–H groups in total. The number of rotatable bonds is 6. The molecule has 0 spiro atoms. The first kappa shape index (κ1) is 22.4. The minimum absolute atomic E-state index is 0.0891. The van der Waals surface area contributed by atoms with Gasteiger partial charge in [0.1, 0.15) is 11.6 Å². The Morgan fingerprint density at radius 2 is 1.67 bits per heavy atom. The van der Waals surface area contributed by atoms with E-state index in [-0.39, 0.29) is 34.6 Å². The predicted molar refractivity (Wildman–Crippen MR) is 110 cm³/mol. The van der Waals surface area contributed by atoms with Crippen LogP contribution in [0.3, 0.4) is 0 Å². The zero-order chi connectivity index (χ0) is 21.9. The van der Waals surface area contributed by atoms with Crippen molar-refractivity contribution in [3.8, 4) is 0 Å². The van der Waals surface area contributed by atoms with Gasteiger partial charge in [-0.25, -0.2) is 21.9 Å². The molecule has 1 amide bonds. The van der Waals surface area contributed by atoms with Crippen LogP contribution in [0, 0.1) is 24.5 Å². The quantitative estimate of drug-likeness (QED) is 0.719. The Morgan fingerprint density at radius 1 is 1.03 bits per heavy atom. The Balaban J connectivity index is 1.53. The molecule has 8 heteroatoms. The fourth-order valence-electron chi connectivity index (χ4n) is 3.67. The Morgan fingerprint density at radius 3 is 2.27 bits per heavy atom. The lowest BCUT2D eigenvalue weighted by atomic mass is 9.85. The summed E-state index contributed by atoms with van der Waals surface area (Å²) < 4.78 is 54.4. The number of aryl methyl sites for hydroxylation is 1. The Labute approximate surface area is 175 Å². The first-order valence-electron chi connectivity index (χ1n) is 10.00. The van der Waals surface area contributed by atoms with Gasteiger partial charge in [0.25, 0.3) is 0 Å². The number of carbonyl (C=O) groups is 1. The fourth-order valence-corrected chi connectivity index (χ4v) is 4.98. The summed E-state index contributed by atoms with van der Waals surface area (Å²) in [4.78, 5) is 12.5. The van der Waals surface area contributed by atoms with Gasteiger partial charge in [-0.3, -0.25) is 4.79 Å². The van der Waals surface area contributed by atoms with Crippen LogP contribution in [0.4, 0.5) is 8.78 Å². The summed E-state index contributed by atoms with van der Waals surface area (Å²) in [7, 11) is -3.82. The molecule has 0 bridgehead atoms. The van der Waals surface area contributed by atoms with Crippen LogP contribution in [0.1, 0.15) is 49.8 Å². The van der Waals surface area contributed by atoms with Crippen LogP contribution in [-0.2, 0) is 14.8 Å². The van der Waals surface area contributed by atoms with Gasteiger partial charge >= 0.3 is 0 Å². The first-order chi connectivity index (χ1) is 14.2. The van der Waals surface area contributed by atoms with E-state index in [1.807, 2.05) is 6.92 Å². The number of hydrogen-bond donors (Lipinski definition) is 2. The molecular formula is C22H26F2N2O3S. The molecule has 162 valence electrons. The molecule has 0 saturated heterocycles. The molecular weight excluding hydrogens is 410 g/mol. The van der Waals surface area contributed by atoms with Gasteiger partial charge in [0.15, 0.2) is 0 Å². The molecule has 3 rings (SSSR count). The van der Waals surface area contributed by atoms with Crippen molar-refractivity contribution in [2.24, 2.45) is 5.92 Å². The van der Waals surface area contributed by atoms with E-state index in [0.29, 0.717) is 31.2 Å². The van der Waals surface area contributed by atoms with Gasteiger partial charge in [-0.15, -0.1) is 0 Å². The summed E-state index contributed by atoms with van der Waals surface area (Å²) in [6.07, 6.45) is 2.15. The van der Waals surface area contributed by atoms with Crippen molar-refractivity contribution in [1.29, 1.82) is 0 Å². The Hall–Kier alpha value is -2.32. The molecule has 2 aromatic carbocycles. The highest BCUT2D eigenvalue weighted by atomic mass is 32.2. The van der Waals surface area contributed by atoms with Crippen molar-refractivity contribution in [3.05, 3.63) is 65.2 Å². The van der Waals surface area contributed by atoms with E-state index < -0.39 is 15.8 Å². The third kappa shape index (κ3) is 5.43. The van der Waals surface area contributed by atoms with Crippen molar-refractivity contribution in [1.82, 2.24) is 10.0 Å². The highest BCUT2D eigenvalue weighted by Gasteiger charge is 2.30. The summed E-state index contributed by atoms with van der Waals surface area (Å²) in [6, 6.07) is 9.30. The maximum Gasteiger partial charge on any atom is 0.240 e. The summed E-state index contributed by atoms with van der Waals surface area (Å²) in [5, 5.41) is 2.94. The van der Waals surface area contributed by atoms with Crippen LogP contribution in [0.5, 0.6) is 0 Å². The lowest BCUT2D eigenvalue weighted by Gasteiger charge is -2.29. The summed E-state index contributed by atoms with van der Waals surface area (Å²) in [5.74, 6) is -1.18. The maximum atomic E-state index is 13.7. The molecule has 1 aliphatic rings. The highest BCUT2D eigenvalue weighted by molar-refractivity contribution is 7.89. The maximum absolute atomic E-state index is 13.7. The normalized spacial score (nSPS) is 20.5. The van der Waals surface area contributed by atoms with Gasteiger partial charge in [-0.1, -0.05) is 18.2 Å². The standard InChI is InChI=1S/C22H26F2N2O3S/c1-14-3-12-20(13-21(14)24)30(28,29)26-19-10-6-17(7-11-19)22(27)25-15(2)16-4-8-18(23)9-5-16/h3-5,8-9,12-13,15,17,19,26H,6-7,10-11H2,1-2H3,(H,25,27). The summed E-state index contributed by atoms with van der Waals surface area (Å²) >= 11 is 0. The van der Waals surface area contributed by atoms with E-state index in [4.69, 9.17) is 0 Å². The van der Waals surface area contributed by atoms with Gasteiger partial charge in [-0.2, -0.15) is 0 Å². The molecule has 5 nitrogen and oxygen atoms in total. The third-order valence-corrected chi connectivity index (χ3v) is 7.12. The molecule has 30 heavy (non-hydrogen) atoms.